The summed E-state index contributed by atoms with van der Waals surface area (Å²) in [6.07, 6.45) is -5.35. The topological polar surface area (TPSA) is 129 Å². The van der Waals surface area contributed by atoms with Crippen molar-refractivity contribution < 1.29 is 41.2 Å². The molecule has 0 saturated heterocycles. The van der Waals surface area contributed by atoms with E-state index in [4.69, 9.17) is 0 Å². The smallest absolute Gasteiger partial charge is 0.383 e. The Labute approximate surface area is 277 Å². The van der Waals surface area contributed by atoms with Gasteiger partial charge < -0.3 is 20.8 Å². The molecule has 0 bridgehead atoms. The van der Waals surface area contributed by atoms with Crippen molar-refractivity contribution >= 4 is 41.0 Å². The van der Waals surface area contributed by atoms with Crippen LogP contribution in [0, 0.1) is 18.6 Å². The highest BCUT2D eigenvalue weighted by molar-refractivity contribution is 6.02. The summed E-state index contributed by atoms with van der Waals surface area (Å²) in [6.45, 7) is 4.89. The summed E-state index contributed by atoms with van der Waals surface area (Å²) in [5.41, 5.74) is 1.22. The summed E-state index contributed by atoms with van der Waals surface area (Å²) in [4.78, 5) is 52.5. The first-order valence-electron chi connectivity index (χ1n) is 15.0. The Morgan fingerprint density at radius 2 is 1.65 bits per heavy atom. The molecule has 0 saturated carbocycles. The van der Waals surface area contributed by atoms with Gasteiger partial charge in [0.2, 0.25) is 5.95 Å². The Morgan fingerprint density at radius 1 is 0.980 bits per heavy atom. The van der Waals surface area contributed by atoms with Gasteiger partial charge in [-0.25, -0.2) is 28.3 Å². The second-order valence-electron chi connectivity index (χ2n) is 11.1. The molecule has 3 amide bonds. The van der Waals surface area contributed by atoms with Crippen molar-refractivity contribution in [2.45, 2.75) is 39.5 Å². The molecule has 3 N–H and O–H groups in total. The molecule has 1 aliphatic heterocycles. The van der Waals surface area contributed by atoms with Gasteiger partial charge in [-0.15, -0.1) is 0 Å². The van der Waals surface area contributed by atoms with Gasteiger partial charge in [-0.2, -0.15) is 23.2 Å². The number of benzene rings is 3. The van der Waals surface area contributed by atoms with E-state index in [1.165, 1.54) is 32.0 Å². The van der Waals surface area contributed by atoms with E-state index in [1.807, 2.05) is 30.3 Å². The largest absolute Gasteiger partial charge is 0.493 e. The molecule has 3 aromatic carbocycles. The number of nitrogens with zero attached hydrogens (tertiary/aromatic N) is 4. The van der Waals surface area contributed by atoms with Crippen molar-refractivity contribution in [3.63, 3.8) is 0 Å². The molecule has 0 spiro atoms. The first-order chi connectivity index (χ1) is 23.3. The first kappa shape index (κ1) is 34.5. The number of hydroxylamine groups is 2. The lowest BCUT2D eigenvalue weighted by atomic mass is 9.97. The van der Waals surface area contributed by atoms with E-state index in [9.17, 15) is 27.6 Å². The van der Waals surface area contributed by atoms with Crippen molar-refractivity contribution in [2.24, 2.45) is 0 Å². The van der Waals surface area contributed by atoms with Crippen molar-refractivity contribution in [3.8, 4) is 11.3 Å². The first-order valence-corrected chi connectivity index (χ1v) is 15.0. The number of aromatic nitrogens is 2. The van der Waals surface area contributed by atoms with Gasteiger partial charge in [0.25, 0.3) is 5.91 Å². The molecule has 4 aromatic rings. The van der Waals surface area contributed by atoms with Crippen molar-refractivity contribution in [1.82, 2.24) is 20.3 Å². The maximum atomic E-state index is 15.1. The maximum absolute atomic E-state index is 15.1. The van der Waals surface area contributed by atoms with Crippen LogP contribution in [0.2, 0.25) is 0 Å². The van der Waals surface area contributed by atoms with Crippen LogP contribution in [0.25, 0.3) is 11.3 Å². The Kier molecular flexibility index (Phi) is 9.96. The number of amides is 3. The number of halogens is 5. The van der Waals surface area contributed by atoms with Crippen LogP contribution >= 0.6 is 0 Å². The summed E-state index contributed by atoms with van der Waals surface area (Å²) in [5.74, 6) is -5.85. The second kappa shape index (κ2) is 14.1. The van der Waals surface area contributed by atoms with Gasteiger partial charge in [-0.05, 0) is 62.7 Å². The zero-order valence-corrected chi connectivity index (χ0v) is 26.4. The molecule has 256 valence electrons. The van der Waals surface area contributed by atoms with E-state index in [-0.39, 0.29) is 47.2 Å². The summed E-state index contributed by atoms with van der Waals surface area (Å²) in [7, 11) is 0. The zero-order valence-electron chi connectivity index (χ0n) is 26.4. The second-order valence-corrected chi connectivity index (χ2v) is 11.1. The van der Waals surface area contributed by atoms with E-state index in [2.05, 4.69) is 30.8 Å². The van der Waals surface area contributed by atoms with Crippen molar-refractivity contribution in [2.75, 3.05) is 28.6 Å². The Balaban J connectivity index is 1.59. The quantitative estimate of drug-likeness (QED) is 0.104. The third kappa shape index (κ3) is 7.52. The number of carbonyl (C=O) groups excluding carboxylic acids is 3. The van der Waals surface area contributed by atoms with E-state index in [0.717, 1.165) is 28.8 Å². The Hall–Kier alpha value is -5.80. The number of hydrogen-bond acceptors (Lipinski definition) is 8. The van der Waals surface area contributed by atoms with Gasteiger partial charge in [-0.3, -0.25) is 4.79 Å². The standard InChI is InChI=1S/C33H30F5N7O4/c1-18(2)45(49-30(47)33(36,37)38)29(46)20-13-12-19(3)22(16-20)26-23-17-41-32(48)44(27-24(34)10-7-11-25(27)35)28(23)43-31(42-26)40-15-14-39-21-8-5-4-6-9-21/h4-13,16,18,39H,14-15,17H2,1-3H3,(H,41,48)(H,40,42,43). The molecule has 2 heterocycles. The highest BCUT2D eigenvalue weighted by atomic mass is 19.4. The average Bonchev–Trinajstić information content (AvgIpc) is 3.05. The number of alkyl halides is 3. The Morgan fingerprint density at radius 3 is 2.31 bits per heavy atom. The fourth-order valence-electron chi connectivity index (χ4n) is 4.97. The minimum absolute atomic E-state index is 0.0286. The van der Waals surface area contributed by atoms with Gasteiger partial charge in [0, 0.05) is 35.5 Å². The fourth-order valence-corrected chi connectivity index (χ4v) is 4.97. The molecule has 11 nitrogen and oxygen atoms in total. The van der Waals surface area contributed by atoms with Crippen LogP contribution in [-0.2, 0) is 16.2 Å². The van der Waals surface area contributed by atoms with Crippen LogP contribution in [0.5, 0.6) is 0 Å². The number of nitrogens with one attached hydrogen (secondary N) is 3. The van der Waals surface area contributed by atoms with Gasteiger partial charge in [-0.1, -0.05) is 30.3 Å². The molecule has 1 aliphatic rings. The number of aryl methyl sites for hydroxylation is 1. The molecule has 0 unspecified atom stereocenters. The molecule has 5 rings (SSSR count). The molecular formula is C33H30F5N7O4. The molecule has 49 heavy (non-hydrogen) atoms. The van der Waals surface area contributed by atoms with E-state index >= 15 is 8.78 Å². The lowest BCUT2D eigenvalue weighted by molar-refractivity contribution is -0.232. The number of hydrogen-bond donors (Lipinski definition) is 3. The van der Waals surface area contributed by atoms with E-state index in [1.54, 1.807) is 6.92 Å². The maximum Gasteiger partial charge on any atom is 0.493 e. The Bertz CT molecular complexity index is 1870. The monoisotopic (exact) mass is 683 g/mol. The molecule has 16 heteroatoms. The fraction of sp³-hybridized carbons (Fsp3) is 0.242. The summed E-state index contributed by atoms with van der Waals surface area (Å²) >= 11 is 0. The normalized spacial score (nSPS) is 12.7. The van der Waals surface area contributed by atoms with Crippen LogP contribution < -0.4 is 20.9 Å². The lowest BCUT2D eigenvalue weighted by Crippen LogP contribution is -2.43. The van der Waals surface area contributed by atoms with Crippen LogP contribution in [0.4, 0.5) is 49.9 Å². The third-order valence-corrected chi connectivity index (χ3v) is 7.31. The van der Waals surface area contributed by atoms with Crippen molar-refractivity contribution in [1.29, 1.82) is 0 Å². The number of para-hydroxylation sites is 2. The predicted molar refractivity (Wildman–Crippen MR) is 170 cm³/mol. The van der Waals surface area contributed by atoms with Crippen LogP contribution in [-0.4, -0.2) is 58.2 Å². The summed E-state index contributed by atoms with van der Waals surface area (Å²) < 4.78 is 69.1. The van der Waals surface area contributed by atoms with Crippen LogP contribution in [0.1, 0.15) is 35.3 Å². The number of rotatable bonds is 9. The van der Waals surface area contributed by atoms with Crippen LogP contribution in [0.15, 0.2) is 66.7 Å². The number of carbonyl (C=O) groups is 3. The predicted octanol–water partition coefficient (Wildman–Crippen LogP) is 6.49. The minimum atomic E-state index is -5.35. The molecule has 0 radical (unpaired) electrons. The van der Waals surface area contributed by atoms with Crippen molar-refractivity contribution in [3.05, 3.63) is 95.1 Å². The van der Waals surface area contributed by atoms with Gasteiger partial charge in [0.15, 0.2) is 5.82 Å². The molecule has 0 atom stereocenters. The highest BCUT2D eigenvalue weighted by Gasteiger charge is 2.44. The highest BCUT2D eigenvalue weighted by Crippen LogP contribution is 2.39. The van der Waals surface area contributed by atoms with Gasteiger partial charge >= 0.3 is 18.2 Å². The van der Waals surface area contributed by atoms with Gasteiger partial charge in [0.1, 0.15) is 17.3 Å². The third-order valence-electron chi connectivity index (χ3n) is 7.31. The molecule has 1 aromatic heterocycles. The number of anilines is 4. The van der Waals surface area contributed by atoms with Gasteiger partial charge in [0.05, 0.1) is 18.3 Å². The lowest BCUT2D eigenvalue weighted by Gasteiger charge is -2.31. The molecule has 0 aliphatic carbocycles. The number of fused-ring (bicyclic) bond motifs is 1. The summed E-state index contributed by atoms with van der Waals surface area (Å²) in [6, 6.07) is 14.8. The average molecular weight is 684 g/mol. The molecular weight excluding hydrogens is 653 g/mol. The number of urea groups is 1. The van der Waals surface area contributed by atoms with E-state index < -0.39 is 47.4 Å². The van der Waals surface area contributed by atoms with E-state index in [0.29, 0.717) is 17.2 Å². The molecule has 0 fully saturated rings. The van der Waals surface area contributed by atoms with Crippen LogP contribution in [0.3, 0.4) is 0 Å². The summed E-state index contributed by atoms with van der Waals surface area (Å²) in [5, 5.41) is 9.14. The SMILES string of the molecule is Cc1ccc(C(=O)N(OC(=O)C(F)(F)F)C(C)C)cc1-c1nc(NCCNc2ccccc2)nc2c1CNC(=O)N2c1c(F)cccc1F. The zero-order chi connectivity index (χ0) is 35.5. The minimum Gasteiger partial charge on any atom is -0.383 e.